The van der Waals surface area contributed by atoms with E-state index in [-0.39, 0.29) is 0 Å². The maximum atomic E-state index is 6.28. The third-order valence-electron chi connectivity index (χ3n) is 7.01. The van der Waals surface area contributed by atoms with Gasteiger partial charge in [0.05, 0.1) is 0 Å². The van der Waals surface area contributed by atoms with Gasteiger partial charge in [-0.25, -0.2) is 0 Å². The lowest BCUT2D eigenvalue weighted by atomic mass is 10.1. The Labute approximate surface area is 288 Å². The lowest BCUT2D eigenvalue weighted by Crippen LogP contribution is -2.46. The molecule has 0 heterocycles. The number of rotatable bonds is 30. The average Bonchev–Trinajstić information content (AvgIpc) is 2.98. The summed E-state index contributed by atoms with van der Waals surface area (Å²) in [6.07, 6.45) is 10.7. The van der Waals surface area contributed by atoms with Crippen LogP contribution in [0.2, 0.25) is 12.1 Å². The molecule has 8 nitrogen and oxygen atoms in total. The summed E-state index contributed by atoms with van der Waals surface area (Å²) in [6.45, 7) is 31.5. The molecular weight excluding hydrogens is 613 g/mol. The summed E-state index contributed by atoms with van der Waals surface area (Å²) in [4.78, 5) is 9.35. The Morgan fingerprint density at radius 3 is 1.04 bits per heavy atom. The van der Waals surface area contributed by atoms with Crippen LogP contribution in [0.5, 0.6) is 0 Å². The van der Waals surface area contributed by atoms with Gasteiger partial charge in [-0.05, 0) is 91.4 Å². The second-order valence-electron chi connectivity index (χ2n) is 12.9. The van der Waals surface area contributed by atoms with Gasteiger partial charge in [0.2, 0.25) is 0 Å². The van der Waals surface area contributed by atoms with Gasteiger partial charge in [-0.3, -0.25) is 9.98 Å². The van der Waals surface area contributed by atoms with Crippen molar-refractivity contribution in [2.45, 2.75) is 159 Å². The molecule has 0 N–H and O–H groups in total. The standard InChI is InChI=1S/C21H45NO3Si.C15H33NO3Si/c1-7-10-15-23-26(24-16-11-8-2,25-17-12-9-3)18-13-14-22-21(6)19-20(4)5;1-7-17-20(18-8-2,19-9-3)12-10-11-16-15(6)13-14(4)5/h20H,7-19H2,1-6H3;14H,7-13H2,1-6H3. The van der Waals surface area contributed by atoms with E-state index in [2.05, 4.69) is 67.3 Å². The molecule has 0 rings (SSSR count). The first-order valence-electron chi connectivity index (χ1n) is 18.8. The van der Waals surface area contributed by atoms with E-state index in [1.807, 2.05) is 20.8 Å². The van der Waals surface area contributed by atoms with Crippen LogP contribution in [0.1, 0.15) is 147 Å². The van der Waals surface area contributed by atoms with Crippen LogP contribution in [-0.2, 0) is 26.6 Å². The number of unbranched alkanes of at least 4 members (excludes halogenated alkanes) is 3. The predicted molar refractivity (Wildman–Crippen MR) is 203 cm³/mol. The van der Waals surface area contributed by atoms with E-state index in [0.29, 0.717) is 31.7 Å². The molecule has 0 aliphatic carbocycles. The zero-order valence-corrected chi connectivity index (χ0v) is 34.6. The predicted octanol–water partition coefficient (Wildman–Crippen LogP) is 10.2. The van der Waals surface area contributed by atoms with Crippen molar-refractivity contribution in [3.63, 3.8) is 0 Å². The zero-order chi connectivity index (χ0) is 35.1. The molecule has 46 heavy (non-hydrogen) atoms. The molecule has 0 atom stereocenters. The molecule has 0 spiro atoms. The van der Waals surface area contributed by atoms with E-state index < -0.39 is 17.6 Å². The number of nitrogens with zero attached hydrogens (tertiary/aromatic N) is 2. The molecule has 10 heteroatoms. The fourth-order valence-electron chi connectivity index (χ4n) is 4.90. The third kappa shape index (κ3) is 27.5. The van der Waals surface area contributed by atoms with E-state index in [0.717, 1.165) is 109 Å². The molecule has 276 valence electrons. The van der Waals surface area contributed by atoms with Gasteiger partial charge in [-0.15, -0.1) is 0 Å². The van der Waals surface area contributed by atoms with Gasteiger partial charge < -0.3 is 26.6 Å². The van der Waals surface area contributed by atoms with Crippen LogP contribution in [0, 0.1) is 11.8 Å². The van der Waals surface area contributed by atoms with Crippen LogP contribution in [0.3, 0.4) is 0 Å². The second kappa shape index (κ2) is 31.8. The molecule has 0 aliphatic rings. The molecular formula is C36H78N2O6Si2. The van der Waals surface area contributed by atoms with Crippen LogP contribution in [0.4, 0.5) is 0 Å². The van der Waals surface area contributed by atoms with Crippen molar-refractivity contribution < 1.29 is 26.6 Å². The fourth-order valence-corrected chi connectivity index (χ4v) is 10.1. The summed E-state index contributed by atoms with van der Waals surface area (Å²) in [5.41, 5.74) is 2.48. The molecule has 0 saturated heterocycles. The highest BCUT2D eigenvalue weighted by Gasteiger charge is 2.41. The minimum atomic E-state index is -2.58. The molecule has 0 aromatic heterocycles. The van der Waals surface area contributed by atoms with Gasteiger partial charge in [-0.1, -0.05) is 67.7 Å². The molecule has 0 aliphatic heterocycles. The minimum absolute atomic E-state index is 0.641. The number of aliphatic imine (C=N–C) groups is 2. The maximum Gasteiger partial charge on any atom is 0.501 e. The van der Waals surface area contributed by atoms with Crippen LogP contribution >= 0.6 is 0 Å². The normalized spacial score (nSPS) is 13.1. The van der Waals surface area contributed by atoms with Gasteiger partial charge in [-0.2, -0.15) is 0 Å². The van der Waals surface area contributed by atoms with Crippen LogP contribution in [0.25, 0.3) is 0 Å². The molecule has 0 fully saturated rings. The van der Waals surface area contributed by atoms with Gasteiger partial charge >= 0.3 is 17.6 Å². The monoisotopic (exact) mass is 691 g/mol. The van der Waals surface area contributed by atoms with Crippen LogP contribution in [-0.4, -0.2) is 81.8 Å². The minimum Gasteiger partial charge on any atom is -0.374 e. The Balaban J connectivity index is 0. The lowest BCUT2D eigenvalue weighted by molar-refractivity contribution is 0.0559. The second-order valence-corrected chi connectivity index (χ2v) is 18.4. The summed E-state index contributed by atoms with van der Waals surface area (Å²) < 4.78 is 36.3. The van der Waals surface area contributed by atoms with Crippen molar-refractivity contribution >= 4 is 29.0 Å². The van der Waals surface area contributed by atoms with Gasteiger partial charge in [0.1, 0.15) is 0 Å². The quantitative estimate of drug-likeness (QED) is 0.0424. The highest BCUT2D eigenvalue weighted by atomic mass is 28.4. The van der Waals surface area contributed by atoms with Crippen molar-refractivity contribution in [1.29, 1.82) is 0 Å². The molecule has 0 aromatic carbocycles. The first-order valence-corrected chi connectivity index (χ1v) is 22.7. The number of hydrogen-bond donors (Lipinski definition) is 0. The molecule has 0 aromatic rings. The Morgan fingerprint density at radius 1 is 0.478 bits per heavy atom. The summed E-state index contributed by atoms with van der Waals surface area (Å²) in [7, 11) is -5.05. The van der Waals surface area contributed by atoms with E-state index in [4.69, 9.17) is 31.5 Å². The lowest BCUT2D eigenvalue weighted by Gasteiger charge is -2.30. The van der Waals surface area contributed by atoms with Crippen molar-refractivity contribution in [3.8, 4) is 0 Å². The molecule has 0 amide bonds. The summed E-state index contributed by atoms with van der Waals surface area (Å²) in [5, 5.41) is 0. The van der Waals surface area contributed by atoms with Crippen molar-refractivity contribution in [2.24, 2.45) is 21.8 Å². The largest absolute Gasteiger partial charge is 0.501 e. The number of hydrogen-bond acceptors (Lipinski definition) is 8. The smallest absolute Gasteiger partial charge is 0.374 e. The summed E-state index contributed by atoms with van der Waals surface area (Å²) in [5.74, 6) is 1.34. The van der Waals surface area contributed by atoms with Crippen LogP contribution in [0.15, 0.2) is 9.98 Å². The van der Waals surface area contributed by atoms with Gasteiger partial charge in [0, 0.05) is 76.2 Å². The fraction of sp³-hybridized carbons (Fsp3) is 0.944. The Bertz CT molecular complexity index is 694. The first-order chi connectivity index (χ1) is 22.0. The van der Waals surface area contributed by atoms with Crippen molar-refractivity contribution in [1.82, 2.24) is 0 Å². The molecule has 0 saturated carbocycles. The van der Waals surface area contributed by atoms with Crippen LogP contribution < -0.4 is 0 Å². The highest BCUT2D eigenvalue weighted by Crippen LogP contribution is 2.21. The summed E-state index contributed by atoms with van der Waals surface area (Å²) >= 11 is 0. The molecule has 0 bridgehead atoms. The van der Waals surface area contributed by atoms with Crippen molar-refractivity contribution in [3.05, 3.63) is 0 Å². The average molecular weight is 691 g/mol. The first kappa shape index (κ1) is 47.6. The SMILES string of the molecule is CCCCO[Si](CCCN=C(C)CC(C)C)(OCCCC)OCCCC.CCO[Si](CCCN=C(C)CC(C)C)(OCC)OCC. The molecule has 0 unspecified atom stereocenters. The van der Waals surface area contributed by atoms with Crippen molar-refractivity contribution in [2.75, 3.05) is 52.7 Å². The third-order valence-corrected chi connectivity index (χ3v) is 13.1. The van der Waals surface area contributed by atoms with Gasteiger partial charge in [0.15, 0.2) is 0 Å². The Morgan fingerprint density at radius 2 is 0.783 bits per heavy atom. The topological polar surface area (TPSA) is 80.1 Å². The molecule has 0 radical (unpaired) electrons. The summed E-state index contributed by atoms with van der Waals surface area (Å²) in [6, 6.07) is 1.73. The highest BCUT2D eigenvalue weighted by molar-refractivity contribution is 6.61. The zero-order valence-electron chi connectivity index (χ0n) is 32.6. The Hall–Kier alpha value is -0.466. The van der Waals surface area contributed by atoms with E-state index in [1.54, 1.807) is 0 Å². The van der Waals surface area contributed by atoms with Gasteiger partial charge in [0.25, 0.3) is 0 Å². The maximum absolute atomic E-state index is 6.28. The van der Waals surface area contributed by atoms with E-state index in [9.17, 15) is 0 Å². The van der Waals surface area contributed by atoms with E-state index >= 15 is 0 Å². The van der Waals surface area contributed by atoms with E-state index in [1.165, 1.54) is 11.4 Å². The Kier molecular flexibility index (Phi) is 32.9.